The van der Waals surface area contributed by atoms with Crippen molar-refractivity contribution >= 4 is 56.8 Å². The number of rotatable bonds is 4. The summed E-state index contributed by atoms with van der Waals surface area (Å²) < 4.78 is 1.52. The zero-order chi connectivity index (χ0) is 17.6. The van der Waals surface area contributed by atoms with Gasteiger partial charge in [-0.15, -0.1) is 11.3 Å². The Balaban J connectivity index is 1.64. The number of aliphatic carboxylic acids is 1. The van der Waals surface area contributed by atoms with Crippen molar-refractivity contribution in [2.24, 2.45) is 11.8 Å². The molecule has 0 bridgehead atoms. The first-order valence-corrected chi connectivity index (χ1v) is 9.98. The molecule has 1 aliphatic carbocycles. The van der Waals surface area contributed by atoms with Crippen molar-refractivity contribution in [2.75, 3.05) is 10.7 Å². The van der Waals surface area contributed by atoms with E-state index in [4.69, 9.17) is 5.11 Å². The van der Waals surface area contributed by atoms with Gasteiger partial charge in [-0.05, 0) is 31.0 Å². The number of carboxylic acids is 1. The Morgan fingerprint density at radius 1 is 1.24 bits per heavy atom. The standard InChI is InChI=1S/C17H16N2O4S2/c20-14(21)8-24-17-18-12-6-5-9(7-13(12)25-17)19-15(22)10-3-1-2-4-11(10)16(19)23/h5-7,10-11H,1-4,8H2,(H,20,21)/t10-,11+. The zero-order valence-corrected chi connectivity index (χ0v) is 14.9. The minimum Gasteiger partial charge on any atom is -0.481 e. The summed E-state index contributed by atoms with van der Waals surface area (Å²) in [6, 6.07) is 5.35. The predicted octanol–water partition coefficient (Wildman–Crippen LogP) is 3.15. The van der Waals surface area contributed by atoms with E-state index in [2.05, 4.69) is 4.98 Å². The molecule has 6 nitrogen and oxygen atoms in total. The molecule has 1 saturated heterocycles. The number of anilines is 1. The van der Waals surface area contributed by atoms with E-state index in [1.807, 2.05) is 6.07 Å². The molecule has 0 spiro atoms. The molecular formula is C17H16N2O4S2. The molecule has 2 aromatic rings. The number of carbonyl (C=O) groups is 3. The fourth-order valence-electron chi connectivity index (χ4n) is 3.63. The van der Waals surface area contributed by atoms with Crippen molar-refractivity contribution < 1.29 is 19.5 Å². The van der Waals surface area contributed by atoms with Gasteiger partial charge in [0.1, 0.15) is 0 Å². The van der Waals surface area contributed by atoms with Crippen LogP contribution in [-0.4, -0.2) is 33.6 Å². The summed E-state index contributed by atoms with van der Waals surface area (Å²) in [5.74, 6) is -1.43. The van der Waals surface area contributed by atoms with E-state index in [0.29, 0.717) is 10.0 Å². The van der Waals surface area contributed by atoms with Crippen molar-refractivity contribution in [1.29, 1.82) is 0 Å². The highest BCUT2D eigenvalue weighted by Gasteiger charge is 2.48. The quantitative estimate of drug-likeness (QED) is 0.651. The summed E-state index contributed by atoms with van der Waals surface area (Å²) in [6.45, 7) is 0. The molecular weight excluding hydrogens is 360 g/mol. The Morgan fingerprint density at radius 3 is 2.56 bits per heavy atom. The maximum absolute atomic E-state index is 12.7. The third-order valence-corrected chi connectivity index (χ3v) is 6.92. The highest BCUT2D eigenvalue weighted by atomic mass is 32.2. The Morgan fingerprint density at radius 2 is 1.92 bits per heavy atom. The molecule has 1 aliphatic heterocycles. The topological polar surface area (TPSA) is 87.6 Å². The number of hydrogen-bond acceptors (Lipinski definition) is 6. The predicted molar refractivity (Wildman–Crippen MR) is 95.9 cm³/mol. The van der Waals surface area contributed by atoms with Gasteiger partial charge in [-0.25, -0.2) is 4.98 Å². The molecule has 8 heteroatoms. The molecule has 0 unspecified atom stereocenters. The van der Waals surface area contributed by atoms with E-state index in [-0.39, 0.29) is 29.4 Å². The highest BCUT2D eigenvalue weighted by molar-refractivity contribution is 8.01. The van der Waals surface area contributed by atoms with Gasteiger partial charge in [0.05, 0.1) is 33.5 Å². The fourth-order valence-corrected chi connectivity index (χ4v) is 5.45. The van der Waals surface area contributed by atoms with Crippen molar-refractivity contribution in [1.82, 2.24) is 4.98 Å². The number of thiazole rings is 1. The van der Waals surface area contributed by atoms with Crippen LogP contribution in [-0.2, 0) is 14.4 Å². The van der Waals surface area contributed by atoms with Crippen LogP contribution >= 0.6 is 23.1 Å². The summed E-state index contributed by atoms with van der Waals surface area (Å²) in [4.78, 5) is 41.8. The second kappa shape index (κ2) is 6.42. The third kappa shape index (κ3) is 2.93. The van der Waals surface area contributed by atoms with Crippen LogP contribution in [0.15, 0.2) is 22.5 Å². The van der Waals surface area contributed by atoms with Crippen LogP contribution in [0.25, 0.3) is 10.2 Å². The number of carboxylic acid groups (broad SMARTS) is 1. The van der Waals surface area contributed by atoms with Crippen LogP contribution in [0.5, 0.6) is 0 Å². The second-order valence-electron chi connectivity index (χ2n) is 6.32. The minimum absolute atomic E-state index is 0.0425. The number of imide groups is 1. The lowest BCUT2D eigenvalue weighted by atomic mass is 9.81. The molecule has 25 heavy (non-hydrogen) atoms. The number of hydrogen-bond donors (Lipinski definition) is 1. The molecule has 1 aromatic carbocycles. The molecule has 2 heterocycles. The second-order valence-corrected chi connectivity index (χ2v) is 8.58. The summed E-state index contributed by atoms with van der Waals surface area (Å²) in [5, 5.41) is 8.77. The van der Waals surface area contributed by atoms with Gasteiger partial charge in [0, 0.05) is 0 Å². The van der Waals surface area contributed by atoms with Gasteiger partial charge < -0.3 is 5.11 Å². The lowest BCUT2D eigenvalue weighted by molar-refractivity contribution is -0.134. The van der Waals surface area contributed by atoms with E-state index >= 15 is 0 Å². The van der Waals surface area contributed by atoms with Crippen molar-refractivity contribution in [3.05, 3.63) is 18.2 Å². The number of thioether (sulfide) groups is 1. The van der Waals surface area contributed by atoms with Crippen LogP contribution < -0.4 is 4.90 Å². The van der Waals surface area contributed by atoms with Crippen LogP contribution in [0.3, 0.4) is 0 Å². The Bertz CT molecular complexity index is 855. The number of carbonyl (C=O) groups excluding carboxylic acids is 2. The lowest BCUT2D eigenvalue weighted by Gasteiger charge is -2.19. The van der Waals surface area contributed by atoms with Crippen LogP contribution in [0.4, 0.5) is 5.69 Å². The van der Waals surface area contributed by atoms with Crippen LogP contribution in [0.1, 0.15) is 25.7 Å². The van der Waals surface area contributed by atoms with E-state index in [1.165, 1.54) is 28.0 Å². The van der Waals surface area contributed by atoms with E-state index in [0.717, 1.165) is 35.9 Å². The van der Waals surface area contributed by atoms with Gasteiger partial charge in [0.25, 0.3) is 0 Å². The molecule has 0 radical (unpaired) electrons. The normalized spacial score (nSPS) is 23.3. The first-order chi connectivity index (χ1) is 12.0. The molecule has 1 saturated carbocycles. The number of aromatic nitrogens is 1. The molecule has 1 aromatic heterocycles. The maximum atomic E-state index is 12.7. The molecule has 2 atom stereocenters. The van der Waals surface area contributed by atoms with Gasteiger partial charge >= 0.3 is 5.97 Å². The summed E-state index contributed by atoms with van der Waals surface area (Å²) in [5.41, 5.74) is 1.34. The van der Waals surface area contributed by atoms with E-state index < -0.39 is 5.97 Å². The van der Waals surface area contributed by atoms with E-state index in [1.54, 1.807) is 12.1 Å². The maximum Gasteiger partial charge on any atom is 0.313 e. The van der Waals surface area contributed by atoms with Gasteiger partial charge in [-0.3, -0.25) is 19.3 Å². The number of benzene rings is 1. The molecule has 2 amide bonds. The average Bonchev–Trinajstić information content (AvgIpc) is 3.12. The summed E-state index contributed by atoms with van der Waals surface area (Å²) in [7, 11) is 0. The first-order valence-electron chi connectivity index (χ1n) is 8.17. The third-order valence-electron chi connectivity index (χ3n) is 4.77. The van der Waals surface area contributed by atoms with Crippen molar-refractivity contribution in [2.45, 2.75) is 30.0 Å². The highest BCUT2D eigenvalue weighted by Crippen LogP contribution is 2.41. The van der Waals surface area contributed by atoms with Crippen LogP contribution in [0.2, 0.25) is 0 Å². The summed E-state index contributed by atoms with van der Waals surface area (Å²) >= 11 is 2.55. The average molecular weight is 376 g/mol. The summed E-state index contributed by atoms with van der Waals surface area (Å²) in [6.07, 6.45) is 3.60. The largest absolute Gasteiger partial charge is 0.481 e. The van der Waals surface area contributed by atoms with Gasteiger partial charge in [0.15, 0.2) is 4.34 Å². The molecule has 4 rings (SSSR count). The lowest BCUT2D eigenvalue weighted by Crippen LogP contribution is -2.30. The molecule has 2 aliphatic rings. The minimum atomic E-state index is -0.888. The van der Waals surface area contributed by atoms with Crippen molar-refractivity contribution in [3.8, 4) is 0 Å². The molecule has 1 N–H and O–H groups in total. The smallest absolute Gasteiger partial charge is 0.313 e. The fraction of sp³-hybridized carbons (Fsp3) is 0.412. The van der Waals surface area contributed by atoms with Gasteiger partial charge in [0.2, 0.25) is 11.8 Å². The van der Waals surface area contributed by atoms with E-state index in [9.17, 15) is 14.4 Å². The Hall–Kier alpha value is -1.93. The SMILES string of the molecule is O=C(O)CSc1nc2ccc(N3C(=O)[C@H]4CCCC[C@H]4C3=O)cc2s1. The number of amides is 2. The monoisotopic (exact) mass is 376 g/mol. The Labute approximate surface area is 152 Å². The first kappa shape index (κ1) is 16.5. The number of nitrogens with zero attached hydrogens (tertiary/aromatic N) is 2. The van der Waals surface area contributed by atoms with Crippen LogP contribution in [0, 0.1) is 11.8 Å². The van der Waals surface area contributed by atoms with Crippen molar-refractivity contribution in [3.63, 3.8) is 0 Å². The Kier molecular flexibility index (Phi) is 4.24. The molecule has 130 valence electrons. The van der Waals surface area contributed by atoms with Gasteiger partial charge in [-0.1, -0.05) is 24.6 Å². The molecule has 2 fully saturated rings. The van der Waals surface area contributed by atoms with Gasteiger partial charge in [-0.2, -0.15) is 0 Å². The zero-order valence-electron chi connectivity index (χ0n) is 13.3. The number of fused-ring (bicyclic) bond motifs is 2.